The van der Waals surface area contributed by atoms with Crippen molar-refractivity contribution in [2.75, 3.05) is 0 Å². The van der Waals surface area contributed by atoms with Crippen LogP contribution in [0.5, 0.6) is 5.75 Å². The highest BCUT2D eigenvalue weighted by Gasteiger charge is 2.54. The monoisotopic (exact) mass is 378 g/mol. The van der Waals surface area contributed by atoms with E-state index in [9.17, 15) is 9.18 Å². The quantitative estimate of drug-likeness (QED) is 0.672. The van der Waals surface area contributed by atoms with E-state index in [0.717, 1.165) is 37.9 Å². The zero-order valence-corrected chi connectivity index (χ0v) is 16.4. The Morgan fingerprint density at radius 3 is 2.82 bits per heavy atom. The largest absolute Gasteiger partial charge is 0.489 e. The Labute approximate surface area is 166 Å². The molecule has 3 heteroatoms. The van der Waals surface area contributed by atoms with E-state index in [0.29, 0.717) is 29.1 Å². The lowest BCUT2D eigenvalue weighted by molar-refractivity contribution is -0.129. The number of ether oxygens (including phenoxy) is 1. The fraction of sp³-hybridized carbons (Fsp3) is 0.480. The van der Waals surface area contributed by atoms with Gasteiger partial charge in [-0.05, 0) is 79.2 Å². The molecule has 2 nitrogen and oxygen atoms in total. The predicted octanol–water partition coefficient (Wildman–Crippen LogP) is 5.83. The maximum Gasteiger partial charge on any atom is 0.139 e. The maximum absolute atomic E-state index is 13.8. The normalized spacial score (nSPS) is 31.1. The number of halogens is 1. The third-order valence-corrected chi connectivity index (χ3v) is 7.76. The van der Waals surface area contributed by atoms with Crippen molar-refractivity contribution in [1.29, 1.82) is 0 Å². The van der Waals surface area contributed by atoms with E-state index >= 15 is 0 Å². The van der Waals surface area contributed by atoms with Gasteiger partial charge in [-0.15, -0.1) is 0 Å². The fourth-order valence-electron chi connectivity index (χ4n) is 6.20. The predicted molar refractivity (Wildman–Crippen MR) is 107 cm³/mol. The van der Waals surface area contributed by atoms with Crippen LogP contribution >= 0.6 is 0 Å². The number of carbonyl (C=O) groups is 1. The molecule has 2 fully saturated rings. The topological polar surface area (TPSA) is 26.3 Å². The zero-order valence-electron chi connectivity index (χ0n) is 16.4. The second-order valence-electron chi connectivity index (χ2n) is 9.07. The standard InChI is InChI=1S/C25H27FO2/c1-25-13-12-20-19-9-7-18(28-15-17-4-2-3-5-23(17)26)14-16(19)6-8-21(20)22(25)10-11-24(25)27/h2-5,7,9,14,20-22H,6,8,10-13,15H2,1H3/t20-,21-,22+,25-/m0/s1. The van der Waals surface area contributed by atoms with Crippen LogP contribution < -0.4 is 4.74 Å². The van der Waals surface area contributed by atoms with Gasteiger partial charge in [0.2, 0.25) is 0 Å². The molecule has 2 aromatic rings. The third kappa shape index (κ3) is 2.78. The first kappa shape index (κ1) is 17.9. The van der Waals surface area contributed by atoms with Crippen LogP contribution in [0, 0.1) is 23.1 Å². The SMILES string of the molecule is C[C@]12CC[C@H]3c4ccc(OCc5ccccc5F)cc4CC[C@@H]3[C@H]1CCC2=O. The van der Waals surface area contributed by atoms with Crippen LogP contribution in [-0.4, -0.2) is 5.78 Å². The molecule has 3 aliphatic carbocycles. The summed E-state index contributed by atoms with van der Waals surface area (Å²) < 4.78 is 19.7. The smallest absolute Gasteiger partial charge is 0.139 e. The molecule has 0 aliphatic heterocycles. The highest BCUT2D eigenvalue weighted by molar-refractivity contribution is 5.87. The highest BCUT2D eigenvalue weighted by Crippen LogP contribution is 2.59. The van der Waals surface area contributed by atoms with Crippen molar-refractivity contribution in [3.63, 3.8) is 0 Å². The first-order valence-electron chi connectivity index (χ1n) is 10.6. The van der Waals surface area contributed by atoms with Crippen LogP contribution in [0.25, 0.3) is 0 Å². The van der Waals surface area contributed by atoms with Crippen molar-refractivity contribution in [3.8, 4) is 5.75 Å². The van der Waals surface area contributed by atoms with Crippen LogP contribution in [0.15, 0.2) is 42.5 Å². The minimum Gasteiger partial charge on any atom is -0.489 e. The summed E-state index contributed by atoms with van der Waals surface area (Å²) in [5.41, 5.74) is 3.34. The molecule has 0 spiro atoms. The fourth-order valence-corrected chi connectivity index (χ4v) is 6.20. The summed E-state index contributed by atoms with van der Waals surface area (Å²) in [6.07, 6.45) is 6.22. The summed E-state index contributed by atoms with van der Waals surface area (Å²) in [5.74, 6) is 2.87. The Kier molecular flexibility index (Phi) is 4.30. The molecule has 0 bridgehead atoms. The van der Waals surface area contributed by atoms with Crippen LogP contribution in [0.4, 0.5) is 4.39 Å². The molecule has 0 saturated heterocycles. The number of hydrogen-bond donors (Lipinski definition) is 0. The number of ketones is 1. The first-order chi connectivity index (χ1) is 13.6. The van der Waals surface area contributed by atoms with E-state index in [1.165, 1.54) is 23.6 Å². The van der Waals surface area contributed by atoms with Crippen LogP contribution in [-0.2, 0) is 17.8 Å². The number of benzene rings is 2. The van der Waals surface area contributed by atoms with Gasteiger partial charge >= 0.3 is 0 Å². The zero-order chi connectivity index (χ0) is 19.3. The molecule has 4 atom stereocenters. The van der Waals surface area contributed by atoms with Gasteiger partial charge in [0.05, 0.1) is 0 Å². The lowest BCUT2D eigenvalue weighted by atomic mass is 9.55. The summed E-state index contributed by atoms with van der Waals surface area (Å²) in [4.78, 5) is 12.5. The Morgan fingerprint density at radius 1 is 1.11 bits per heavy atom. The van der Waals surface area contributed by atoms with Gasteiger partial charge in [0.25, 0.3) is 0 Å². The van der Waals surface area contributed by atoms with E-state index in [2.05, 4.69) is 19.1 Å². The molecule has 0 aromatic heterocycles. The van der Waals surface area contributed by atoms with Crippen LogP contribution in [0.2, 0.25) is 0 Å². The molecule has 0 unspecified atom stereocenters. The van der Waals surface area contributed by atoms with Crippen molar-refractivity contribution in [1.82, 2.24) is 0 Å². The summed E-state index contributed by atoms with van der Waals surface area (Å²) in [6.45, 7) is 2.47. The van der Waals surface area contributed by atoms with E-state index in [1.807, 2.05) is 12.1 Å². The second-order valence-corrected chi connectivity index (χ2v) is 9.07. The number of fused-ring (bicyclic) bond motifs is 5. The Balaban J connectivity index is 1.35. The van der Waals surface area contributed by atoms with E-state index < -0.39 is 0 Å². The Hall–Kier alpha value is -2.16. The number of aryl methyl sites for hydroxylation is 1. The van der Waals surface area contributed by atoms with Gasteiger partial charge in [0.15, 0.2) is 0 Å². The van der Waals surface area contributed by atoms with Gasteiger partial charge in [0.1, 0.15) is 24.0 Å². The molecule has 0 N–H and O–H groups in total. The Morgan fingerprint density at radius 2 is 1.96 bits per heavy atom. The second kappa shape index (κ2) is 6.72. The summed E-state index contributed by atoms with van der Waals surface area (Å²) >= 11 is 0. The van der Waals surface area contributed by atoms with Crippen molar-refractivity contribution in [2.45, 2.75) is 58.0 Å². The van der Waals surface area contributed by atoms with E-state index in [-0.39, 0.29) is 17.8 Å². The van der Waals surface area contributed by atoms with Gasteiger partial charge < -0.3 is 4.74 Å². The molecule has 0 amide bonds. The minimum absolute atomic E-state index is 0.0680. The molecule has 146 valence electrons. The Bertz CT molecular complexity index is 921. The van der Waals surface area contributed by atoms with Gasteiger partial charge in [-0.3, -0.25) is 4.79 Å². The third-order valence-electron chi connectivity index (χ3n) is 7.76. The van der Waals surface area contributed by atoms with Gasteiger partial charge in [-0.2, -0.15) is 0 Å². The first-order valence-corrected chi connectivity index (χ1v) is 10.6. The molecule has 2 aromatic carbocycles. The average Bonchev–Trinajstić information content (AvgIpc) is 3.02. The van der Waals surface area contributed by atoms with Gasteiger partial charge in [0, 0.05) is 17.4 Å². The van der Waals surface area contributed by atoms with Gasteiger partial charge in [-0.25, -0.2) is 4.39 Å². The molecule has 0 heterocycles. The summed E-state index contributed by atoms with van der Waals surface area (Å²) in [6, 6.07) is 13.2. The average molecular weight is 378 g/mol. The van der Waals surface area contributed by atoms with Crippen molar-refractivity contribution >= 4 is 5.78 Å². The number of Topliss-reactive ketones (excluding diaryl/α,β-unsaturated/α-hetero) is 1. The minimum atomic E-state index is -0.223. The molecule has 0 radical (unpaired) electrons. The molecule has 5 rings (SSSR count). The molecular formula is C25H27FO2. The number of carbonyl (C=O) groups excluding carboxylic acids is 1. The maximum atomic E-state index is 13.8. The van der Waals surface area contributed by atoms with Crippen molar-refractivity contribution in [3.05, 3.63) is 65.0 Å². The van der Waals surface area contributed by atoms with Crippen molar-refractivity contribution < 1.29 is 13.9 Å². The summed E-state index contributed by atoms with van der Waals surface area (Å²) in [7, 11) is 0. The highest BCUT2D eigenvalue weighted by atomic mass is 19.1. The van der Waals surface area contributed by atoms with E-state index in [1.54, 1.807) is 12.1 Å². The molecule has 3 aliphatic rings. The van der Waals surface area contributed by atoms with Crippen LogP contribution in [0.1, 0.15) is 61.6 Å². The molecular weight excluding hydrogens is 351 g/mol. The van der Waals surface area contributed by atoms with Crippen LogP contribution in [0.3, 0.4) is 0 Å². The molecule has 2 saturated carbocycles. The molecule has 28 heavy (non-hydrogen) atoms. The van der Waals surface area contributed by atoms with Crippen molar-refractivity contribution in [2.24, 2.45) is 17.3 Å². The number of rotatable bonds is 3. The van der Waals surface area contributed by atoms with E-state index in [4.69, 9.17) is 4.74 Å². The lowest BCUT2D eigenvalue weighted by Crippen LogP contribution is -2.42. The van der Waals surface area contributed by atoms with Gasteiger partial charge in [-0.1, -0.05) is 31.2 Å². The number of hydrogen-bond acceptors (Lipinski definition) is 2. The lowest BCUT2D eigenvalue weighted by Gasteiger charge is -2.48. The summed E-state index contributed by atoms with van der Waals surface area (Å²) in [5, 5.41) is 0.